The number of ether oxygens (including phenoxy) is 1. The molecule has 0 spiro atoms. The van der Waals surface area contributed by atoms with Crippen LogP contribution < -0.4 is 10.1 Å². The predicted octanol–water partition coefficient (Wildman–Crippen LogP) is 4.81. The summed E-state index contributed by atoms with van der Waals surface area (Å²) in [6, 6.07) is 12.4. The second-order valence-electron chi connectivity index (χ2n) is 7.91. The normalized spacial score (nSPS) is 16.5. The van der Waals surface area contributed by atoms with E-state index in [1.165, 1.54) is 10.4 Å². The fourth-order valence-electron chi connectivity index (χ4n) is 3.87. The Hall–Kier alpha value is -1.80. The van der Waals surface area contributed by atoms with E-state index in [1.807, 2.05) is 31.2 Å². The summed E-state index contributed by atoms with van der Waals surface area (Å²) in [5, 5.41) is 3.91. The fourth-order valence-corrected chi connectivity index (χ4v) is 6.02. The zero-order valence-electron chi connectivity index (χ0n) is 18.2. The van der Waals surface area contributed by atoms with Gasteiger partial charge in [0, 0.05) is 29.1 Å². The number of nitrogens with one attached hydrogen (secondary N) is 1. The molecule has 0 saturated carbocycles. The molecule has 1 heterocycles. The summed E-state index contributed by atoms with van der Waals surface area (Å²) in [6.07, 6.45) is 1.73. The minimum atomic E-state index is -3.54. The van der Waals surface area contributed by atoms with E-state index in [2.05, 4.69) is 5.32 Å². The van der Waals surface area contributed by atoms with Crippen LogP contribution in [0.15, 0.2) is 42.5 Å². The molecule has 9 heteroatoms. The monoisotopic (exact) mass is 498 g/mol. The Balaban J connectivity index is 1.57. The summed E-state index contributed by atoms with van der Waals surface area (Å²) < 4.78 is 32.3. The van der Waals surface area contributed by atoms with Crippen LogP contribution in [-0.4, -0.2) is 38.8 Å². The van der Waals surface area contributed by atoms with Gasteiger partial charge < -0.3 is 10.1 Å². The molecule has 1 fully saturated rings. The highest BCUT2D eigenvalue weighted by Crippen LogP contribution is 2.27. The Labute approximate surface area is 199 Å². The van der Waals surface area contributed by atoms with Gasteiger partial charge in [0.05, 0.1) is 18.9 Å². The smallest absolute Gasteiger partial charge is 0.223 e. The van der Waals surface area contributed by atoms with Crippen molar-refractivity contribution in [2.75, 3.05) is 20.2 Å². The van der Waals surface area contributed by atoms with E-state index in [1.54, 1.807) is 19.2 Å². The molecule has 1 aliphatic rings. The average Bonchev–Trinajstić information content (AvgIpc) is 2.79. The number of piperidine rings is 1. The highest BCUT2D eigenvalue weighted by Gasteiger charge is 2.32. The summed E-state index contributed by atoms with van der Waals surface area (Å²) in [5.41, 5.74) is 1.53. The van der Waals surface area contributed by atoms with Crippen molar-refractivity contribution < 1.29 is 17.9 Å². The Bertz CT molecular complexity index is 1040. The molecule has 0 aliphatic carbocycles. The van der Waals surface area contributed by atoms with Crippen LogP contribution in [0.3, 0.4) is 0 Å². The first kappa shape index (κ1) is 24.8. The first-order valence-corrected chi connectivity index (χ1v) is 13.0. The summed E-state index contributed by atoms with van der Waals surface area (Å²) in [6.45, 7) is 2.64. The highest BCUT2D eigenvalue weighted by molar-refractivity contribution is 7.88. The van der Waals surface area contributed by atoms with Gasteiger partial charge in [0.1, 0.15) is 5.75 Å². The lowest BCUT2D eigenvalue weighted by Gasteiger charge is -2.31. The predicted molar refractivity (Wildman–Crippen MR) is 128 cm³/mol. The van der Waals surface area contributed by atoms with Crippen LogP contribution >= 0.6 is 23.2 Å². The maximum absolute atomic E-state index is 12.9. The van der Waals surface area contributed by atoms with Gasteiger partial charge in [0.25, 0.3) is 0 Å². The van der Waals surface area contributed by atoms with E-state index in [0.29, 0.717) is 41.5 Å². The minimum absolute atomic E-state index is 0.0366. The Kier molecular flexibility index (Phi) is 8.44. The molecule has 1 amide bonds. The Morgan fingerprint density at radius 1 is 1.16 bits per heavy atom. The van der Waals surface area contributed by atoms with Crippen LogP contribution in [0.25, 0.3) is 0 Å². The number of hydrogen-bond donors (Lipinski definition) is 1. The van der Waals surface area contributed by atoms with Gasteiger partial charge in [0.15, 0.2) is 0 Å². The first-order chi connectivity index (χ1) is 15.2. The molecule has 0 bridgehead atoms. The number of carbonyl (C=O) groups excluding carboxylic acids is 1. The largest absolute Gasteiger partial charge is 0.497 e. The number of halogens is 2. The maximum atomic E-state index is 12.9. The number of carbonyl (C=O) groups is 1. The lowest BCUT2D eigenvalue weighted by molar-refractivity contribution is -0.126. The minimum Gasteiger partial charge on any atom is -0.497 e. The molecule has 1 atom stereocenters. The molecule has 1 N–H and O–H groups in total. The van der Waals surface area contributed by atoms with Gasteiger partial charge in [-0.2, -0.15) is 0 Å². The van der Waals surface area contributed by atoms with E-state index in [4.69, 9.17) is 27.9 Å². The molecule has 2 aromatic carbocycles. The lowest BCUT2D eigenvalue weighted by Crippen LogP contribution is -2.44. The molecule has 6 nitrogen and oxygen atoms in total. The molecule has 1 saturated heterocycles. The fraction of sp³-hybridized carbons (Fsp3) is 0.435. The van der Waals surface area contributed by atoms with E-state index < -0.39 is 10.0 Å². The average molecular weight is 499 g/mol. The van der Waals surface area contributed by atoms with Crippen molar-refractivity contribution >= 4 is 39.1 Å². The standard InChI is InChI=1S/C23H28Cl2N2O4S/c1-3-22(16-5-8-20(31-2)9-6-16)26-23(28)17-10-12-27(13-11-17)32(29,30)15-18-4-7-19(24)14-21(18)25/h4-9,14,17,22H,3,10-13,15H2,1-2H3,(H,26,28). The third-order valence-electron chi connectivity index (χ3n) is 5.81. The van der Waals surface area contributed by atoms with Crippen molar-refractivity contribution in [2.45, 2.75) is 38.0 Å². The van der Waals surface area contributed by atoms with Gasteiger partial charge in [0.2, 0.25) is 15.9 Å². The number of hydrogen-bond acceptors (Lipinski definition) is 4. The molecular formula is C23H28Cl2N2O4S. The van der Waals surface area contributed by atoms with E-state index in [9.17, 15) is 13.2 Å². The third kappa shape index (κ3) is 6.16. The van der Waals surface area contributed by atoms with E-state index in [-0.39, 0.29) is 23.6 Å². The quantitative estimate of drug-likeness (QED) is 0.566. The molecule has 1 aliphatic heterocycles. The van der Waals surface area contributed by atoms with Crippen molar-refractivity contribution in [3.63, 3.8) is 0 Å². The van der Waals surface area contributed by atoms with E-state index in [0.717, 1.165) is 17.7 Å². The number of rotatable bonds is 8. The molecule has 32 heavy (non-hydrogen) atoms. The molecule has 1 unspecified atom stereocenters. The van der Waals surface area contributed by atoms with Gasteiger partial charge in [-0.15, -0.1) is 0 Å². The molecule has 174 valence electrons. The van der Waals surface area contributed by atoms with Crippen molar-refractivity contribution in [3.05, 3.63) is 63.6 Å². The van der Waals surface area contributed by atoms with Crippen LogP contribution in [0.1, 0.15) is 43.4 Å². The van der Waals surface area contributed by atoms with Gasteiger partial charge in [-0.3, -0.25) is 4.79 Å². The third-order valence-corrected chi connectivity index (χ3v) is 8.23. The summed E-state index contributed by atoms with van der Waals surface area (Å²) in [5.74, 6) is 0.330. The SMILES string of the molecule is CCC(NC(=O)C1CCN(S(=O)(=O)Cc2ccc(Cl)cc2Cl)CC1)c1ccc(OC)cc1. The number of nitrogens with zero attached hydrogens (tertiary/aromatic N) is 1. The second kappa shape index (κ2) is 10.9. The highest BCUT2D eigenvalue weighted by atomic mass is 35.5. The van der Waals surface area contributed by atoms with Crippen LogP contribution in [0.5, 0.6) is 5.75 Å². The van der Waals surface area contributed by atoms with Gasteiger partial charge in [-0.1, -0.05) is 48.3 Å². The van der Waals surface area contributed by atoms with Gasteiger partial charge in [-0.05, 0) is 54.7 Å². The van der Waals surface area contributed by atoms with Gasteiger partial charge >= 0.3 is 0 Å². The number of methoxy groups -OCH3 is 1. The lowest BCUT2D eigenvalue weighted by atomic mass is 9.95. The molecule has 3 rings (SSSR count). The molecule has 0 radical (unpaired) electrons. The van der Waals surface area contributed by atoms with Crippen molar-refractivity contribution in [3.8, 4) is 5.75 Å². The maximum Gasteiger partial charge on any atom is 0.223 e. The Morgan fingerprint density at radius 2 is 1.81 bits per heavy atom. The zero-order chi connectivity index (χ0) is 23.3. The van der Waals surface area contributed by atoms with Crippen LogP contribution in [-0.2, 0) is 20.6 Å². The molecule has 2 aromatic rings. The molecule has 0 aromatic heterocycles. The molecular weight excluding hydrogens is 471 g/mol. The first-order valence-electron chi connectivity index (χ1n) is 10.6. The van der Waals surface area contributed by atoms with Crippen molar-refractivity contribution in [1.82, 2.24) is 9.62 Å². The summed E-state index contributed by atoms with van der Waals surface area (Å²) in [7, 11) is -1.92. The zero-order valence-corrected chi connectivity index (χ0v) is 20.5. The van der Waals surface area contributed by atoms with Crippen LogP contribution in [0.4, 0.5) is 0 Å². The van der Waals surface area contributed by atoms with E-state index >= 15 is 0 Å². The van der Waals surface area contributed by atoms with Crippen molar-refractivity contribution in [2.24, 2.45) is 5.92 Å². The van der Waals surface area contributed by atoms with Crippen LogP contribution in [0.2, 0.25) is 10.0 Å². The summed E-state index contributed by atoms with van der Waals surface area (Å²) >= 11 is 12.0. The Morgan fingerprint density at radius 3 is 2.38 bits per heavy atom. The summed E-state index contributed by atoms with van der Waals surface area (Å²) in [4.78, 5) is 12.9. The second-order valence-corrected chi connectivity index (χ2v) is 10.7. The topological polar surface area (TPSA) is 75.7 Å². The van der Waals surface area contributed by atoms with Crippen LogP contribution in [0, 0.1) is 5.92 Å². The van der Waals surface area contributed by atoms with Gasteiger partial charge in [-0.25, -0.2) is 12.7 Å². The number of amides is 1. The van der Waals surface area contributed by atoms with Crippen molar-refractivity contribution in [1.29, 1.82) is 0 Å². The number of benzene rings is 2. The number of sulfonamides is 1.